The van der Waals surface area contributed by atoms with Crippen LogP contribution in [0.2, 0.25) is 0 Å². The summed E-state index contributed by atoms with van der Waals surface area (Å²) in [4.78, 5) is 0. The number of rotatable bonds is 1. The lowest BCUT2D eigenvalue weighted by Gasteiger charge is -2.02. The van der Waals surface area contributed by atoms with Crippen LogP contribution in [0.5, 0.6) is 0 Å². The molecule has 14 heavy (non-hydrogen) atoms. The third-order valence-corrected chi connectivity index (χ3v) is 2.15. The normalized spacial score (nSPS) is 10.4. The minimum Gasteiger partial charge on any atom is -0.399 e. The standard InChI is InChI=1S/C9H11N5/c1-6-5-7(3-4-8(6)10)9-11-12-13-14(9)2/h3-5H,10H2,1-2H3. The van der Waals surface area contributed by atoms with Crippen molar-refractivity contribution >= 4 is 5.69 Å². The Hall–Kier alpha value is -1.91. The van der Waals surface area contributed by atoms with Gasteiger partial charge in [-0.15, -0.1) is 5.10 Å². The van der Waals surface area contributed by atoms with Crippen LogP contribution in [0.1, 0.15) is 5.56 Å². The van der Waals surface area contributed by atoms with E-state index >= 15 is 0 Å². The summed E-state index contributed by atoms with van der Waals surface area (Å²) in [6.07, 6.45) is 0. The van der Waals surface area contributed by atoms with E-state index in [9.17, 15) is 0 Å². The van der Waals surface area contributed by atoms with Gasteiger partial charge in [-0.1, -0.05) is 0 Å². The monoisotopic (exact) mass is 189 g/mol. The number of anilines is 1. The van der Waals surface area contributed by atoms with E-state index < -0.39 is 0 Å². The molecule has 0 atom stereocenters. The SMILES string of the molecule is Cc1cc(-c2nnnn2C)ccc1N. The summed E-state index contributed by atoms with van der Waals surface area (Å²) < 4.78 is 1.63. The Morgan fingerprint density at radius 2 is 2.14 bits per heavy atom. The number of aryl methyl sites for hydroxylation is 2. The van der Waals surface area contributed by atoms with Crippen molar-refractivity contribution in [2.24, 2.45) is 7.05 Å². The van der Waals surface area contributed by atoms with Gasteiger partial charge < -0.3 is 5.73 Å². The molecular formula is C9H11N5. The quantitative estimate of drug-likeness (QED) is 0.672. The first-order valence-corrected chi connectivity index (χ1v) is 4.27. The maximum Gasteiger partial charge on any atom is 0.181 e. The van der Waals surface area contributed by atoms with Crippen LogP contribution in [0.3, 0.4) is 0 Å². The molecule has 0 fully saturated rings. The van der Waals surface area contributed by atoms with Gasteiger partial charge in [-0.05, 0) is 41.1 Å². The molecule has 0 aliphatic heterocycles. The summed E-state index contributed by atoms with van der Waals surface area (Å²) in [7, 11) is 1.81. The molecule has 1 aromatic heterocycles. The number of benzene rings is 1. The van der Waals surface area contributed by atoms with Gasteiger partial charge in [-0.3, -0.25) is 0 Å². The molecule has 0 radical (unpaired) electrons. The van der Waals surface area contributed by atoms with Gasteiger partial charge in [0.2, 0.25) is 0 Å². The zero-order valence-corrected chi connectivity index (χ0v) is 8.10. The van der Waals surface area contributed by atoms with Crippen molar-refractivity contribution in [3.63, 3.8) is 0 Å². The van der Waals surface area contributed by atoms with Crippen LogP contribution in [0.25, 0.3) is 11.4 Å². The molecule has 0 aliphatic carbocycles. The average molecular weight is 189 g/mol. The summed E-state index contributed by atoms with van der Waals surface area (Å²) in [5.41, 5.74) is 8.51. The van der Waals surface area contributed by atoms with Crippen molar-refractivity contribution in [1.82, 2.24) is 20.2 Å². The lowest BCUT2D eigenvalue weighted by molar-refractivity contribution is 0.714. The van der Waals surface area contributed by atoms with E-state index in [0.717, 1.165) is 22.6 Å². The third-order valence-electron chi connectivity index (χ3n) is 2.15. The minimum absolute atomic E-state index is 0.744. The fourth-order valence-corrected chi connectivity index (χ4v) is 1.29. The summed E-state index contributed by atoms with van der Waals surface area (Å²) in [6, 6.07) is 5.74. The highest BCUT2D eigenvalue weighted by molar-refractivity contribution is 5.61. The molecule has 0 amide bonds. The number of aromatic nitrogens is 4. The number of hydrogen-bond acceptors (Lipinski definition) is 4. The van der Waals surface area contributed by atoms with E-state index in [1.807, 2.05) is 25.1 Å². The van der Waals surface area contributed by atoms with E-state index in [1.165, 1.54) is 0 Å². The number of nitrogens with two attached hydrogens (primary N) is 1. The van der Waals surface area contributed by atoms with Crippen LogP contribution in [0, 0.1) is 6.92 Å². The Balaban J connectivity index is 2.53. The van der Waals surface area contributed by atoms with Crippen LogP contribution in [0.15, 0.2) is 18.2 Å². The second-order valence-electron chi connectivity index (χ2n) is 3.20. The zero-order valence-electron chi connectivity index (χ0n) is 8.10. The number of nitrogen functional groups attached to an aromatic ring is 1. The molecule has 5 heteroatoms. The van der Waals surface area contributed by atoms with Crippen molar-refractivity contribution in [2.45, 2.75) is 6.92 Å². The van der Waals surface area contributed by atoms with Crippen molar-refractivity contribution in [3.8, 4) is 11.4 Å². The Kier molecular flexibility index (Phi) is 1.92. The second-order valence-corrected chi connectivity index (χ2v) is 3.20. The fourth-order valence-electron chi connectivity index (χ4n) is 1.29. The maximum atomic E-state index is 5.72. The predicted octanol–water partition coefficient (Wildman–Crippen LogP) is 0.768. The van der Waals surface area contributed by atoms with Gasteiger partial charge in [0.05, 0.1) is 0 Å². The molecule has 0 unspecified atom stereocenters. The predicted molar refractivity (Wildman–Crippen MR) is 53.4 cm³/mol. The third kappa shape index (κ3) is 1.32. The topological polar surface area (TPSA) is 69.6 Å². The molecule has 2 aromatic rings. The van der Waals surface area contributed by atoms with Gasteiger partial charge in [-0.2, -0.15) is 0 Å². The number of tetrazole rings is 1. The smallest absolute Gasteiger partial charge is 0.181 e. The second kappa shape index (κ2) is 3.10. The summed E-state index contributed by atoms with van der Waals surface area (Å²) in [5.74, 6) is 0.744. The molecule has 1 aromatic carbocycles. The van der Waals surface area contributed by atoms with Gasteiger partial charge in [0.1, 0.15) is 0 Å². The van der Waals surface area contributed by atoms with Gasteiger partial charge >= 0.3 is 0 Å². The molecule has 2 N–H and O–H groups in total. The van der Waals surface area contributed by atoms with Crippen molar-refractivity contribution in [1.29, 1.82) is 0 Å². The van der Waals surface area contributed by atoms with E-state index in [-0.39, 0.29) is 0 Å². The van der Waals surface area contributed by atoms with Crippen molar-refractivity contribution in [3.05, 3.63) is 23.8 Å². The molecule has 0 spiro atoms. The number of nitrogens with zero attached hydrogens (tertiary/aromatic N) is 4. The highest BCUT2D eigenvalue weighted by Gasteiger charge is 2.06. The van der Waals surface area contributed by atoms with Crippen LogP contribution in [-0.2, 0) is 7.05 Å². The molecule has 5 nitrogen and oxygen atoms in total. The lowest BCUT2D eigenvalue weighted by atomic mass is 10.1. The zero-order chi connectivity index (χ0) is 10.1. The first-order valence-electron chi connectivity index (χ1n) is 4.27. The van der Waals surface area contributed by atoms with E-state index in [0.29, 0.717) is 0 Å². The fraction of sp³-hybridized carbons (Fsp3) is 0.222. The molecule has 1 heterocycles. The minimum atomic E-state index is 0.744. The van der Waals surface area contributed by atoms with Crippen LogP contribution in [-0.4, -0.2) is 20.2 Å². The molecule has 72 valence electrons. The molecular weight excluding hydrogens is 178 g/mol. The van der Waals surface area contributed by atoms with Crippen molar-refractivity contribution < 1.29 is 0 Å². The van der Waals surface area contributed by atoms with Gasteiger partial charge in [-0.25, -0.2) is 4.68 Å². The Morgan fingerprint density at radius 3 is 2.71 bits per heavy atom. The van der Waals surface area contributed by atoms with Crippen LogP contribution < -0.4 is 5.73 Å². The molecule has 2 rings (SSSR count). The van der Waals surface area contributed by atoms with E-state index in [1.54, 1.807) is 11.7 Å². The first kappa shape index (κ1) is 8.68. The van der Waals surface area contributed by atoms with E-state index in [4.69, 9.17) is 5.73 Å². The number of hydrogen-bond donors (Lipinski definition) is 1. The Morgan fingerprint density at radius 1 is 1.36 bits per heavy atom. The highest BCUT2D eigenvalue weighted by atomic mass is 15.5. The van der Waals surface area contributed by atoms with Crippen LogP contribution >= 0.6 is 0 Å². The van der Waals surface area contributed by atoms with Gasteiger partial charge in [0.15, 0.2) is 5.82 Å². The summed E-state index contributed by atoms with van der Waals surface area (Å²) in [6.45, 7) is 1.96. The van der Waals surface area contributed by atoms with Crippen molar-refractivity contribution in [2.75, 3.05) is 5.73 Å². The first-order chi connectivity index (χ1) is 6.68. The maximum absolute atomic E-state index is 5.72. The molecule has 0 bridgehead atoms. The Bertz CT molecular complexity index is 460. The lowest BCUT2D eigenvalue weighted by Crippen LogP contribution is -1.96. The Labute approximate surface area is 81.5 Å². The molecule has 0 saturated heterocycles. The summed E-state index contributed by atoms with van der Waals surface area (Å²) in [5, 5.41) is 11.3. The van der Waals surface area contributed by atoms with Gasteiger partial charge in [0, 0.05) is 18.3 Å². The molecule has 0 saturated carbocycles. The average Bonchev–Trinajstić information content (AvgIpc) is 2.57. The largest absolute Gasteiger partial charge is 0.399 e. The highest BCUT2D eigenvalue weighted by Crippen LogP contribution is 2.20. The molecule has 0 aliphatic rings. The summed E-state index contributed by atoms with van der Waals surface area (Å²) >= 11 is 0. The van der Waals surface area contributed by atoms with Crippen LogP contribution in [0.4, 0.5) is 5.69 Å². The van der Waals surface area contributed by atoms with E-state index in [2.05, 4.69) is 15.5 Å². The van der Waals surface area contributed by atoms with Gasteiger partial charge in [0.25, 0.3) is 0 Å².